The number of hydrogen-bond donors (Lipinski definition) is 1. The van der Waals surface area contributed by atoms with Crippen molar-refractivity contribution in [2.45, 2.75) is 52.6 Å². The van der Waals surface area contributed by atoms with Gasteiger partial charge < -0.3 is 5.11 Å². The van der Waals surface area contributed by atoms with Gasteiger partial charge in [-0.25, -0.2) is 0 Å². The van der Waals surface area contributed by atoms with Crippen LogP contribution in [-0.4, -0.2) is 21.0 Å². The Morgan fingerprint density at radius 1 is 1.50 bits per heavy atom. The van der Waals surface area contributed by atoms with Gasteiger partial charge in [-0.05, 0) is 30.7 Å². The SMILES string of the molecule is CCc1cc(CC2=CC(O)CC(C)(C)C2)n(C)n1. The van der Waals surface area contributed by atoms with E-state index in [1.807, 2.05) is 17.8 Å². The van der Waals surface area contributed by atoms with Crippen LogP contribution in [0.25, 0.3) is 0 Å². The third-order valence-corrected chi connectivity index (χ3v) is 3.69. The number of aliphatic hydroxyl groups is 1. The van der Waals surface area contributed by atoms with Crippen molar-refractivity contribution in [3.63, 3.8) is 0 Å². The summed E-state index contributed by atoms with van der Waals surface area (Å²) >= 11 is 0. The summed E-state index contributed by atoms with van der Waals surface area (Å²) in [5, 5.41) is 14.4. The highest BCUT2D eigenvalue weighted by molar-refractivity contribution is 5.22. The zero-order valence-electron chi connectivity index (χ0n) is 11.9. The molecule has 1 heterocycles. The highest BCUT2D eigenvalue weighted by atomic mass is 16.3. The Hall–Kier alpha value is -1.09. The molecule has 100 valence electrons. The normalized spacial score (nSPS) is 22.9. The summed E-state index contributed by atoms with van der Waals surface area (Å²) < 4.78 is 1.97. The van der Waals surface area contributed by atoms with Crippen molar-refractivity contribution in [1.29, 1.82) is 0 Å². The molecule has 1 atom stereocenters. The molecule has 0 aromatic carbocycles. The molecule has 0 saturated carbocycles. The molecule has 0 amide bonds. The van der Waals surface area contributed by atoms with Gasteiger partial charge in [-0.3, -0.25) is 4.68 Å². The van der Waals surface area contributed by atoms with Gasteiger partial charge in [-0.1, -0.05) is 32.4 Å². The van der Waals surface area contributed by atoms with Gasteiger partial charge in [-0.2, -0.15) is 5.10 Å². The van der Waals surface area contributed by atoms with Crippen molar-refractivity contribution in [3.8, 4) is 0 Å². The molecule has 1 aromatic rings. The molecule has 1 unspecified atom stereocenters. The van der Waals surface area contributed by atoms with Crippen LogP contribution in [0.5, 0.6) is 0 Å². The summed E-state index contributed by atoms with van der Waals surface area (Å²) in [7, 11) is 2.00. The lowest BCUT2D eigenvalue weighted by Gasteiger charge is -2.32. The number of rotatable bonds is 3. The molecule has 1 aromatic heterocycles. The van der Waals surface area contributed by atoms with E-state index in [4.69, 9.17) is 0 Å². The fraction of sp³-hybridized carbons (Fsp3) is 0.667. The van der Waals surface area contributed by atoms with Gasteiger partial charge in [0.05, 0.1) is 11.8 Å². The lowest BCUT2D eigenvalue weighted by molar-refractivity contribution is 0.138. The molecule has 0 aliphatic heterocycles. The third kappa shape index (κ3) is 3.02. The van der Waals surface area contributed by atoms with Gasteiger partial charge >= 0.3 is 0 Å². The fourth-order valence-electron chi connectivity index (χ4n) is 2.91. The van der Waals surface area contributed by atoms with Crippen LogP contribution in [0.4, 0.5) is 0 Å². The number of allylic oxidation sites excluding steroid dienone is 1. The zero-order chi connectivity index (χ0) is 13.3. The van der Waals surface area contributed by atoms with Crippen molar-refractivity contribution in [3.05, 3.63) is 29.1 Å². The number of aryl methyl sites for hydroxylation is 2. The van der Waals surface area contributed by atoms with Crippen molar-refractivity contribution in [2.24, 2.45) is 12.5 Å². The molecular formula is C15H24N2O. The predicted octanol–water partition coefficient (Wildman–Crippen LogP) is 2.63. The molecule has 3 heteroatoms. The fourth-order valence-corrected chi connectivity index (χ4v) is 2.91. The Morgan fingerprint density at radius 2 is 2.22 bits per heavy atom. The van der Waals surface area contributed by atoms with E-state index in [0.717, 1.165) is 31.4 Å². The molecular weight excluding hydrogens is 224 g/mol. The van der Waals surface area contributed by atoms with Crippen LogP contribution >= 0.6 is 0 Å². The summed E-state index contributed by atoms with van der Waals surface area (Å²) in [6.07, 6.45) is 5.55. The van der Waals surface area contributed by atoms with Gasteiger partial charge in [0.25, 0.3) is 0 Å². The first-order valence-electron chi connectivity index (χ1n) is 6.79. The maximum absolute atomic E-state index is 9.92. The van der Waals surface area contributed by atoms with Crippen LogP contribution in [0, 0.1) is 5.41 Å². The van der Waals surface area contributed by atoms with Gasteiger partial charge in [0, 0.05) is 19.2 Å². The summed E-state index contributed by atoms with van der Waals surface area (Å²) in [6, 6.07) is 2.18. The van der Waals surface area contributed by atoms with E-state index in [1.165, 1.54) is 11.3 Å². The summed E-state index contributed by atoms with van der Waals surface area (Å²) in [5.74, 6) is 0. The number of aliphatic hydroxyl groups excluding tert-OH is 1. The van der Waals surface area contributed by atoms with Crippen LogP contribution in [0.2, 0.25) is 0 Å². The van der Waals surface area contributed by atoms with Crippen LogP contribution in [0.1, 0.15) is 45.0 Å². The molecule has 0 fully saturated rings. The number of nitrogens with zero attached hydrogens (tertiary/aromatic N) is 2. The Balaban J connectivity index is 2.15. The maximum Gasteiger partial charge on any atom is 0.0728 e. The molecule has 0 saturated heterocycles. The van der Waals surface area contributed by atoms with Gasteiger partial charge in [0.2, 0.25) is 0 Å². The second-order valence-electron chi connectivity index (χ2n) is 6.22. The van der Waals surface area contributed by atoms with E-state index in [9.17, 15) is 5.11 Å². The van der Waals surface area contributed by atoms with Crippen LogP contribution in [-0.2, 0) is 19.9 Å². The van der Waals surface area contributed by atoms with Crippen molar-refractivity contribution in [2.75, 3.05) is 0 Å². The Kier molecular flexibility index (Phi) is 3.62. The van der Waals surface area contributed by atoms with E-state index in [2.05, 4.69) is 31.9 Å². The van der Waals surface area contributed by atoms with Gasteiger partial charge in [-0.15, -0.1) is 0 Å². The topological polar surface area (TPSA) is 38.0 Å². The minimum absolute atomic E-state index is 0.204. The van der Waals surface area contributed by atoms with E-state index in [0.29, 0.717) is 0 Å². The van der Waals surface area contributed by atoms with E-state index in [-0.39, 0.29) is 11.5 Å². The Bertz CT molecular complexity index is 457. The first-order chi connectivity index (χ1) is 8.39. The molecule has 1 aliphatic rings. The average molecular weight is 248 g/mol. The highest BCUT2D eigenvalue weighted by Gasteiger charge is 2.27. The molecule has 0 radical (unpaired) electrons. The van der Waals surface area contributed by atoms with Gasteiger partial charge in [0.15, 0.2) is 0 Å². The van der Waals surface area contributed by atoms with E-state index < -0.39 is 0 Å². The molecule has 0 spiro atoms. The first kappa shape index (κ1) is 13.3. The zero-order valence-corrected chi connectivity index (χ0v) is 11.9. The molecule has 18 heavy (non-hydrogen) atoms. The largest absolute Gasteiger partial charge is 0.389 e. The number of aromatic nitrogens is 2. The standard InChI is InChI=1S/C15H24N2O/c1-5-12-8-13(17(4)16-12)6-11-7-14(18)10-15(2,3)9-11/h7-8,14,18H,5-6,9-10H2,1-4H3. The van der Waals surface area contributed by atoms with Crippen molar-refractivity contribution >= 4 is 0 Å². The Morgan fingerprint density at radius 3 is 2.78 bits per heavy atom. The second kappa shape index (κ2) is 4.88. The maximum atomic E-state index is 9.92. The summed E-state index contributed by atoms with van der Waals surface area (Å²) in [4.78, 5) is 0. The average Bonchev–Trinajstić information content (AvgIpc) is 2.56. The second-order valence-corrected chi connectivity index (χ2v) is 6.22. The molecule has 1 N–H and O–H groups in total. The minimum Gasteiger partial charge on any atom is -0.389 e. The van der Waals surface area contributed by atoms with Crippen LogP contribution < -0.4 is 0 Å². The smallest absolute Gasteiger partial charge is 0.0728 e. The van der Waals surface area contributed by atoms with Crippen molar-refractivity contribution < 1.29 is 5.11 Å². The third-order valence-electron chi connectivity index (χ3n) is 3.69. The quantitative estimate of drug-likeness (QED) is 0.835. The van der Waals surface area contributed by atoms with Gasteiger partial charge in [0.1, 0.15) is 0 Å². The first-order valence-corrected chi connectivity index (χ1v) is 6.79. The van der Waals surface area contributed by atoms with E-state index >= 15 is 0 Å². The number of hydrogen-bond acceptors (Lipinski definition) is 2. The molecule has 3 nitrogen and oxygen atoms in total. The Labute approximate surface area is 110 Å². The van der Waals surface area contributed by atoms with E-state index in [1.54, 1.807) is 0 Å². The monoisotopic (exact) mass is 248 g/mol. The summed E-state index contributed by atoms with van der Waals surface area (Å²) in [6.45, 7) is 6.58. The minimum atomic E-state index is -0.289. The van der Waals surface area contributed by atoms with Crippen LogP contribution in [0.15, 0.2) is 17.7 Å². The lowest BCUT2D eigenvalue weighted by atomic mass is 9.75. The molecule has 2 rings (SSSR count). The van der Waals surface area contributed by atoms with Crippen molar-refractivity contribution in [1.82, 2.24) is 9.78 Å². The molecule has 0 bridgehead atoms. The lowest BCUT2D eigenvalue weighted by Crippen LogP contribution is -2.25. The molecule has 1 aliphatic carbocycles. The summed E-state index contributed by atoms with van der Waals surface area (Å²) in [5.41, 5.74) is 3.92. The predicted molar refractivity (Wildman–Crippen MR) is 73.4 cm³/mol. The van der Waals surface area contributed by atoms with Crippen LogP contribution in [0.3, 0.4) is 0 Å². The highest BCUT2D eigenvalue weighted by Crippen LogP contribution is 2.36.